The number of nitrogens with zero attached hydrogens (tertiary/aromatic N) is 2. The van der Waals surface area contributed by atoms with Crippen LogP contribution in [-0.2, 0) is 0 Å². The minimum atomic E-state index is -0.571. The number of hydrogen-bond donors (Lipinski definition) is 4. The third kappa shape index (κ3) is 1.41. The molecule has 18 heavy (non-hydrogen) atoms. The molecule has 0 spiro atoms. The number of fused-ring (bicyclic) bond motifs is 1. The quantitative estimate of drug-likeness (QED) is 0.447. The fourth-order valence-electron chi connectivity index (χ4n) is 1.75. The molecule has 0 saturated heterocycles. The third-order valence-corrected chi connectivity index (χ3v) is 2.67. The van der Waals surface area contributed by atoms with E-state index in [2.05, 4.69) is 15.0 Å². The molecule has 0 radical (unpaired) electrons. The standard InChI is InChI=1S/C11H10N6O/c12-8-7-10(16-11(18)17(8)13)15-9(14-7)6-4-2-1-3-5-6/h1-5,12H,13H2,(H,14,15)(H,16,18). The van der Waals surface area contributed by atoms with E-state index in [0.29, 0.717) is 17.0 Å². The van der Waals surface area contributed by atoms with Gasteiger partial charge in [0.2, 0.25) is 0 Å². The van der Waals surface area contributed by atoms with Crippen molar-refractivity contribution in [2.45, 2.75) is 0 Å². The SMILES string of the molecule is N=c1c2[nH]c(-c3ccccc3)nc2[nH]c(=O)n1N. The van der Waals surface area contributed by atoms with Crippen molar-refractivity contribution in [3.63, 3.8) is 0 Å². The summed E-state index contributed by atoms with van der Waals surface area (Å²) >= 11 is 0. The summed E-state index contributed by atoms with van der Waals surface area (Å²) in [5, 5.41) is 7.75. The van der Waals surface area contributed by atoms with E-state index in [1.165, 1.54) is 0 Å². The topological polar surface area (TPSA) is 116 Å². The van der Waals surface area contributed by atoms with Crippen LogP contribution in [0.4, 0.5) is 0 Å². The molecule has 2 aromatic heterocycles. The zero-order chi connectivity index (χ0) is 12.7. The van der Waals surface area contributed by atoms with Gasteiger partial charge < -0.3 is 10.8 Å². The predicted octanol–water partition coefficient (Wildman–Crippen LogP) is -0.0870. The number of benzene rings is 1. The molecule has 0 amide bonds. The van der Waals surface area contributed by atoms with E-state index >= 15 is 0 Å². The molecule has 0 aliphatic rings. The monoisotopic (exact) mass is 242 g/mol. The van der Waals surface area contributed by atoms with Gasteiger partial charge in [-0.05, 0) is 0 Å². The Bertz CT molecular complexity index is 826. The molecule has 0 aliphatic carbocycles. The van der Waals surface area contributed by atoms with E-state index in [-0.39, 0.29) is 5.49 Å². The Hall–Kier alpha value is -2.83. The van der Waals surface area contributed by atoms with E-state index in [1.807, 2.05) is 30.3 Å². The van der Waals surface area contributed by atoms with Gasteiger partial charge in [-0.25, -0.2) is 9.78 Å². The van der Waals surface area contributed by atoms with Crippen LogP contribution in [0.1, 0.15) is 0 Å². The molecular weight excluding hydrogens is 232 g/mol. The Labute approximate surface area is 100 Å². The summed E-state index contributed by atoms with van der Waals surface area (Å²) in [7, 11) is 0. The molecule has 90 valence electrons. The lowest BCUT2D eigenvalue weighted by molar-refractivity contribution is 0.815. The number of H-pyrrole nitrogens is 2. The van der Waals surface area contributed by atoms with Crippen molar-refractivity contribution in [1.82, 2.24) is 19.6 Å². The first-order valence-electron chi connectivity index (χ1n) is 5.27. The van der Waals surface area contributed by atoms with Gasteiger partial charge in [-0.2, -0.15) is 4.68 Å². The van der Waals surface area contributed by atoms with Crippen molar-refractivity contribution in [3.8, 4) is 11.4 Å². The molecule has 0 unspecified atom stereocenters. The fraction of sp³-hybridized carbons (Fsp3) is 0. The highest BCUT2D eigenvalue weighted by Crippen LogP contribution is 2.16. The minimum Gasteiger partial charge on any atom is -0.334 e. The van der Waals surface area contributed by atoms with Crippen LogP contribution in [0.2, 0.25) is 0 Å². The normalized spacial score (nSPS) is 10.9. The molecule has 0 bridgehead atoms. The third-order valence-electron chi connectivity index (χ3n) is 2.67. The Morgan fingerprint density at radius 3 is 2.67 bits per heavy atom. The smallest absolute Gasteiger partial charge is 0.334 e. The molecule has 7 nitrogen and oxygen atoms in total. The molecule has 2 heterocycles. The lowest BCUT2D eigenvalue weighted by Gasteiger charge is -1.95. The summed E-state index contributed by atoms with van der Waals surface area (Å²) in [5.41, 5.74) is 0.918. The number of nitrogen functional groups attached to an aromatic ring is 1. The molecule has 3 rings (SSSR count). The molecule has 0 fully saturated rings. The lowest BCUT2D eigenvalue weighted by atomic mass is 10.2. The van der Waals surface area contributed by atoms with E-state index < -0.39 is 5.69 Å². The first-order valence-corrected chi connectivity index (χ1v) is 5.27. The second kappa shape index (κ2) is 3.59. The summed E-state index contributed by atoms with van der Waals surface area (Å²) in [6, 6.07) is 9.44. The first-order chi connectivity index (χ1) is 8.66. The van der Waals surface area contributed by atoms with E-state index in [0.717, 1.165) is 10.2 Å². The van der Waals surface area contributed by atoms with Gasteiger partial charge in [0.15, 0.2) is 11.1 Å². The minimum absolute atomic E-state index is 0.108. The molecule has 1 aromatic carbocycles. The van der Waals surface area contributed by atoms with Crippen molar-refractivity contribution in [2.75, 3.05) is 5.84 Å². The van der Waals surface area contributed by atoms with Crippen molar-refractivity contribution in [2.24, 2.45) is 0 Å². The largest absolute Gasteiger partial charge is 0.347 e. The van der Waals surface area contributed by atoms with Crippen LogP contribution < -0.4 is 17.0 Å². The first kappa shape index (κ1) is 10.3. The maximum absolute atomic E-state index is 11.4. The van der Waals surface area contributed by atoms with Gasteiger partial charge in [0.25, 0.3) is 0 Å². The molecular formula is C11H10N6O. The van der Waals surface area contributed by atoms with Crippen LogP contribution in [0.3, 0.4) is 0 Å². The number of aromatic amines is 2. The average Bonchev–Trinajstić information content (AvgIpc) is 2.81. The summed E-state index contributed by atoms with van der Waals surface area (Å²) in [4.78, 5) is 21.1. The van der Waals surface area contributed by atoms with Crippen molar-refractivity contribution < 1.29 is 0 Å². The highest BCUT2D eigenvalue weighted by molar-refractivity contribution is 5.74. The number of nitrogens with two attached hydrogens (primary N) is 1. The number of rotatable bonds is 1. The fourth-order valence-corrected chi connectivity index (χ4v) is 1.75. The molecule has 0 aliphatic heterocycles. The van der Waals surface area contributed by atoms with Crippen LogP contribution in [0.5, 0.6) is 0 Å². The summed E-state index contributed by atoms with van der Waals surface area (Å²) in [6.45, 7) is 0. The molecule has 0 atom stereocenters. The molecule has 0 saturated carbocycles. The molecule has 5 N–H and O–H groups in total. The van der Waals surface area contributed by atoms with Crippen molar-refractivity contribution in [1.29, 1.82) is 5.41 Å². The van der Waals surface area contributed by atoms with Gasteiger partial charge in [-0.15, -0.1) is 0 Å². The highest BCUT2D eigenvalue weighted by atomic mass is 16.1. The average molecular weight is 242 g/mol. The number of nitrogens with one attached hydrogen (secondary N) is 3. The van der Waals surface area contributed by atoms with Crippen molar-refractivity contribution in [3.05, 3.63) is 46.3 Å². The van der Waals surface area contributed by atoms with Gasteiger partial charge >= 0.3 is 5.69 Å². The second-order valence-electron chi connectivity index (χ2n) is 3.82. The highest BCUT2D eigenvalue weighted by Gasteiger charge is 2.09. The maximum atomic E-state index is 11.4. The van der Waals surface area contributed by atoms with E-state index in [9.17, 15) is 4.79 Å². The Kier molecular flexibility index (Phi) is 2.06. The number of hydrogen-bond acceptors (Lipinski definition) is 4. The van der Waals surface area contributed by atoms with Gasteiger partial charge in [0.1, 0.15) is 11.3 Å². The summed E-state index contributed by atoms with van der Waals surface area (Å²) < 4.78 is 0.731. The Morgan fingerprint density at radius 1 is 1.22 bits per heavy atom. The predicted molar refractivity (Wildman–Crippen MR) is 66.1 cm³/mol. The van der Waals surface area contributed by atoms with Gasteiger partial charge in [0, 0.05) is 5.56 Å². The van der Waals surface area contributed by atoms with Crippen LogP contribution in [0.25, 0.3) is 22.6 Å². The second-order valence-corrected chi connectivity index (χ2v) is 3.82. The Morgan fingerprint density at radius 2 is 1.94 bits per heavy atom. The van der Waals surface area contributed by atoms with Crippen LogP contribution in [0.15, 0.2) is 35.1 Å². The Balaban J connectivity index is 2.34. The van der Waals surface area contributed by atoms with Gasteiger partial charge in [-0.1, -0.05) is 30.3 Å². The van der Waals surface area contributed by atoms with Crippen LogP contribution >= 0.6 is 0 Å². The molecule has 7 heteroatoms. The van der Waals surface area contributed by atoms with Gasteiger partial charge in [0.05, 0.1) is 0 Å². The number of imidazole rings is 1. The van der Waals surface area contributed by atoms with Crippen molar-refractivity contribution >= 4 is 11.2 Å². The lowest BCUT2D eigenvalue weighted by Crippen LogP contribution is -2.40. The maximum Gasteiger partial charge on any atom is 0.347 e. The summed E-state index contributed by atoms with van der Waals surface area (Å²) in [5.74, 6) is 6.02. The van der Waals surface area contributed by atoms with Crippen LogP contribution in [0, 0.1) is 5.41 Å². The molecule has 3 aromatic rings. The van der Waals surface area contributed by atoms with E-state index in [1.54, 1.807) is 0 Å². The number of aromatic nitrogens is 4. The van der Waals surface area contributed by atoms with Crippen LogP contribution in [-0.4, -0.2) is 19.6 Å². The zero-order valence-corrected chi connectivity index (χ0v) is 9.27. The van der Waals surface area contributed by atoms with Gasteiger partial charge in [-0.3, -0.25) is 10.4 Å². The zero-order valence-electron chi connectivity index (χ0n) is 9.27. The van der Waals surface area contributed by atoms with E-state index in [4.69, 9.17) is 11.3 Å². The summed E-state index contributed by atoms with van der Waals surface area (Å²) in [6.07, 6.45) is 0.